The molecule has 0 fully saturated rings. The molecule has 0 atom stereocenters. The lowest BCUT2D eigenvalue weighted by molar-refractivity contribution is -0.118. The number of carbonyl (C=O) groups is 1. The first-order chi connectivity index (χ1) is 9.58. The van der Waals surface area contributed by atoms with E-state index < -0.39 is 0 Å². The van der Waals surface area contributed by atoms with Gasteiger partial charge in [-0.3, -0.25) is 4.79 Å². The molecule has 0 aliphatic heterocycles. The fourth-order valence-corrected chi connectivity index (χ4v) is 2.60. The van der Waals surface area contributed by atoms with Crippen molar-refractivity contribution in [1.29, 1.82) is 0 Å². The molecule has 0 bridgehead atoms. The van der Waals surface area contributed by atoms with Crippen molar-refractivity contribution in [2.75, 3.05) is 19.0 Å². The lowest BCUT2D eigenvalue weighted by atomic mass is 10.3. The number of hydrogen-bond donors (Lipinski definition) is 1. The number of aryl methyl sites for hydroxylation is 2. The van der Waals surface area contributed by atoms with Gasteiger partial charge in [0.15, 0.2) is 6.61 Å². The van der Waals surface area contributed by atoms with Crippen molar-refractivity contribution in [2.45, 2.75) is 13.8 Å². The molecule has 4 nitrogen and oxygen atoms in total. The molecule has 2 aromatic rings. The number of thiophene rings is 1. The van der Waals surface area contributed by atoms with Crippen LogP contribution >= 0.6 is 11.3 Å². The average molecular weight is 291 g/mol. The van der Waals surface area contributed by atoms with Gasteiger partial charge in [0.2, 0.25) is 0 Å². The highest BCUT2D eigenvalue weighted by atomic mass is 32.1. The van der Waals surface area contributed by atoms with Crippen LogP contribution in [-0.4, -0.2) is 19.6 Å². The third-order valence-electron chi connectivity index (χ3n) is 2.84. The molecular weight excluding hydrogens is 274 g/mol. The number of amides is 1. The molecule has 106 valence electrons. The molecule has 0 spiro atoms. The van der Waals surface area contributed by atoms with Crippen molar-refractivity contribution in [3.8, 4) is 11.5 Å². The van der Waals surface area contributed by atoms with Gasteiger partial charge in [0.25, 0.3) is 5.91 Å². The summed E-state index contributed by atoms with van der Waals surface area (Å²) in [6.07, 6.45) is 0. The molecule has 2 rings (SSSR count). The van der Waals surface area contributed by atoms with Crippen LogP contribution in [0.15, 0.2) is 30.3 Å². The zero-order valence-corrected chi connectivity index (χ0v) is 12.5. The molecule has 0 aliphatic carbocycles. The summed E-state index contributed by atoms with van der Waals surface area (Å²) in [7, 11) is 1.59. The second-order valence-corrected chi connectivity index (χ2v) is 5.62. The van der Waals surface area contributed by atoms with Crippen LogP contribution < -0.4 is 14.8 Å². The van der Waals surface area contributed by atoms with Gasteiger partial charge in [-0.2, -0.15) is 0 Å². The zero-order valence-electron chi connectivity index (χ0n) is 11.7. The summed E-state index contributed by atoms with van der Waals surface area (Å²) >= 11 is 1.56. The van der Waals surface area contributed by atoms with Crippen LogP contribution in [0.5, 0.6) is 11.5 Å². The van der Waals surface area contributed by atoms with Gasteiger partial charge in [0, 0.05) is 10.9 Å². The standard InChI is InChI=1S/C15H17NO3S/c1-10-7-15(20-11(10)2)16-14(17)9-19-13-6-4-5-12(8-13)18-3/h4-8H,9H2,1-3H3,(H,16,17). The molecule has 0 saturated carbocycles. The Balaban J connectivity index is 1.88. The van der Waals surface area contributed by atoms with Crippen molar-refractivity contribution in [3.05, 3.63) is 40.8 Å². The van der Waals surface area contributed by atoms with Crippen molar-refractivity contribution < 1.29 is 14.3 Å². The Morgan fingerprint density at radius 1 is 1.25 bits per heavy atom. The van der Waals surface area contributed by atoms with E-state index in [-0.39, 0.29) is 12.5 Å². The van der Waals surface area contributed by atoms with E-state index in [4.69, 9.17) is 9.47 Å². The zero-order chi connectivity index (χ0) is 14.5. The highest BCUT2D eigenvalue weighted by molar-refractivity contribution is 7.16. The fraction of sp³-hybridized carbons (Fsp3) is 0.267. The van der Waals surface area contributed by atoms with Gasteiger partial charge in [-0.15, -0.1) is 11.3 Å². The predicted octanol–water partition coefficient (Wildman–Crippen LogP) is 3.39. The van der Waals surface area contributed by atoms with Crippen molar-refractivity contribution in [1.82, 2.24) is 0 Å². The predicted molar refractivity (Wildman–Crippen MR) is 80.9 cm³/mol. The molecule has 1 aromatic heterocycles. The minimum atomic E-state index is -0.172. The highest BCUT2D eigenvalue weighted by Gasteiger charge is 2.07. The molecule has 20 heavy (non-hydrogen) atoms. The quantitative estimate of drug-likeness (QED) is 0.918. The molecule has 1 aromatic carbocycles. The van der Waals surface area contributed by atoms with Crippen molar-refractivity contribution in [3.63, 3.8) is 0 Å². The number of rotatable bonds is 5. The van der Waals surface area contributed by atoms with Gasteiger partial charge < -0.3 is 14.8 Å². The maximum Gasteiger partial charge on any atom is 0.262 e. The van der Waals surface area contributed by atoms with Gasteiger partial charge in [-0.05, 0) is 37.6 Å². The Bertz CT molecular complexity index is 587. The van der Waals surface area contributed by atoms with E-state index in [1.54, 1.807) is 30.6 Å². The third-order valence-corrected chi connectivity index (χ3v) is 3.91. The van der Waals surface area contributed by atoms with Gasteiger partial charge >= 0.3 is 0 Å². The van der Waals surface area contributed by atoms with Crippen molar-refractivity contribution in [2.24, 2.45) is 0 Å². The second kappa shape index (κ2) is 6.43. The van der Waals surface area contributed by atoms with Crippen LogP contribution in [0.2, 0.25) is 0 Å². The van der Waals surface area contributed by atoms with Crippen LogP contribution in [0.1, 0.15) is 10.4 Å². The van der Waals surface area contributed by atoms with Crippen molar-refractivity contribution >= 4 is 22.2 Å². The minimum Gasteiger partial charge on any atom is -0.497 e. The highest BCUT2D eigenvalue weighted by Crippen LogP contribution is 2.25. The van der Waals surface area contributed by atoms with Gasteiger partial charge in [0.05, 0.1) is 12.1 Å². The lowest BCUT2D eigenvalue weighted by Crippen LogP contribution is -2.19. The molecule has 5 heteroatoms. The van der Waals surface area contributed by atoms with Crippen LogP contribution in [-0.2, 0) is 4.79 Å². The van der Waals surface area contributed by atoms with Crippen LogP contribution in [0.4, 0.5) is 5.00 Å². The number of nitrogens with one attached hydrogen (secondary N) is 1. The monoisotopic (exact) mass is 291 g/mol. The Kier molecular flexibility index (Phi) is 4.63. The SMILES string of the molecule is COc1cccc(OCC(=O)Nc2cc(C)c(C)s2)c1. The molecule has 1 amide bonds. The van der Waals surface area contributed by atoms with Gasteiger partial charge in [-0.25, -0.2) is 0 Å². The fourth-order valence-electron chi connectivity index (χ4n) is 1.65. The Hall–Kier alpha value is -2.01. The molecule has 1 N–H and O–H groups in total. The first kappa shape index (κ1) is 14.4. The van der Waals surface area contributed by atoms with Gasteiger partial charge in [-0.1, -0.05) is 6.07 Å². The average Bonchev–Trinajstić information content (AvgIpc) is 2.75. The van der Waals surface area contributed by atoms with E-state index >= 15 is 0 Å². The molecule has 1 heterocycles. The van der Waals surface area contributed by atoms with Crippen LogP contribution in [0, 0.1) is 13.8 Å². The van der Waals surface area contributed by atoms with Gasteiger partial charge in [0.1, 0.15) is 11.5 Å². The Morgan fingerprint density at radius 2 is 2.00 bits per heavy atom. The molecular formula is C15H17NO3S. The first-order valence-corrected chi connectivity index (χ1v) is 7.04. The summed E-state index contributed by atoms with van der Waals surface area (Å²) in [4.78, 5) is 13.0. The molecule has 0 radical (unpaired) electrons. The summed E-state index contributed by atoms with van der Waals surface area (Å²) in [5.41, 5.74) is 1.18. The summed E-state index contributed by atoms with van der Waals surface area (Å²) in [5.74, 6) is 1.14. The van der Waals surface area contributed by atoms with E-state index in [0.717, 1.165) is 5.00 Å². The third kappa shape index (κ3) is 3.74. The normalized spacial score (nSPS) is 10.2. The second-order valence-electron chi connectivity index (χ2n) is 4.37. The number of benzene rings is 1. The number of carbonyl (C=O) groups excluding carboxylic acids is 1. The Morgan fingerprint density at radius 3 is 2.65 bits per heavy atom. The maximum atomic E-state index is 11.8. The van der Waals surface area contributed by atoms with E-state index in [1.165, 1.54) is 10.4 Å². The topological polar surface area (TPSA) is 47.6 Å². The largest absolute Gasteiger partial charge is 0.497 e. The van der Waals surface area contributed by atoms with E-state index in [9.17, 15) is 4.79 Å². The number of hydrogen-bond acceptors (Lipinski definition) is 4. The molecule has 0 aliphatic rings. The molecule has 0 saturated heterocycles. The summed E-state index contributed by atoms with van der Waals surface area (Å²) in [6.45, 7) is 4.03. The summed E-state index contributed by atoms with van der Waals surface area (Å²) in [6, 6.07) is 9.13. The summed E-state index contributed by atoms with van der Waals surface area (Å²) in [5, 5.41) is 3.67. The number of methoxy groups -OCH3 is 1. The first-order valence-electron chi connectivity index (χ1n) is 6.22. The molecule has 0 unspecified atom stereocenters. The Labute approximate surface area is 122 Å². The van der Waals surface area contributed by atoms with Crippen LogP contribution in [0.3, 0.4) is 0 Å². The van der Waals surface area contributed by atoms with E-state index in [1.807, 2.05) is 32.0 Å². The lowest BCUT2D eigenvalue weighted by Gasteiger charge is -2.07. The number of ether oxygens (including phenoxy) is 2. The number of anilines is 1. The van der Waals surface area contributed by atoms with E-state index in [2.05, 4.69) is 5.32 Å². The van der Waals surface area contributed by atoms with Crippen LogP contribution in [0.25, 0.3) is 0 Å². The minimum absolute atomic E-state index is 0.0246. The smallest absolute Gasteiger partial charge is 0.262 e. The van der Waals surface area contributed by atoms with E-state index in [0.29, 0.717) is 11.5 Å². The summed E-state index contributed by atoms with van der Waals surface area (Å²) < 4.78 is 10.5. The maximum absolute atomic E-state index is 11.8.